The average Bonchev–Trinajstić information content (AvgIpc) is 2.70. The van der Waals surface area contributed by atoms with Gasteiger partial charge in [0.05, 0.1) is 0 Å². The van der Waals surface area contributed by atoms with Crippen molar-refractivity contribution in [1.29, 1.82) is 0 Å². The van der Waals surface area contributed by atoms with Gasteiger partial charge in [0.25, 0.3) is 5.91 Å². The average molecular weight is 383 g/mol. The van der Waals surface area contributed by atoms with Gasteiger partial charge in [-0.05, 0) is 31.2 Å². The first-order chi connectivity index (χ1) is 13.6. The van der Waals surface area contributed by atoms with Gasteiger partial charge in [0.1, 0.15) is 45.1 Å². The minimum absolute atomic E-state index is 0.00272. The first-order valence-electron chi connectivity index (χ1n) is 9.86. The van der Waals surface area contributed by atoms with E-state index in [4.69, 9.17) is 4.74 Å². The van der Waals surface area contributed by atoms with Crippen LogP contribution in [0, 0.1) is 0 Å². The lowest BCUT2D eigenvalue weighted by Gasteiger charge is -2.29. The highest BCUT2D eigenvalue weighted by molar-refractivity contribution is 5.97. The summed E-state index contributed by atoms with van der Waals surface area (Å²) in [5.41, 5.74) is 1.29. The van der Waals surface area contributed by atoms with E-state index in [-0.39, 0.29) is 11.7 Å². The van der Waals surface area contributed by atoms with Gasteiger partial charge in [-0.2, -0.15) is 0 Å². The van der Waals surface area contributed by atoms with Crippen molar-refractivity contribution in [3.63, 3.8) is 0 Å². The molecule has 148 valence electrons. The Morgan fingerprint density at radius 3 is 2.39 bits per heavy atom. The summed E-state index contributed by atoms with van der Waals surface area (Å²) in [5.74, 6) is 0.903. The van der Waals surface area contributed by atoms with Crippen LogP contribution in [0.25, 0.3) is 0 Å². The van der Waals surface area contributed by atoms with E-state index in [1.54, 1.807) is 18.2 Å². The van der Waals surface area contributed by atoms with E-state index in [1.165, 1.54) is 16.7 Å². The summed E-state index contributed by atoms with van der Waals surface area (Å²) in [7, 11) is 0. The van der Waals surface area contributed by atoms with Crippen LogP contribution >= 0.6 is 0 Å². The van der Waals surface area contributed by atoms with Gasteiger partial charge in [0, 0.05) is 11.3 Å². The molecule has 1 amide bonds. The highest BCUT2D eigenvalue weighted by atomic mass is 16.5. The Morgan fingerprint density at radius 1 is 0.964 bits per heavy atom. The van der Waals surface area contributed by atoms with Gasteiger partial charge in [0.15, 0.2) is 12.3 Å². The summed E-state index contributed by atoms with van der Waals surface area (Å²) < 4.78 is 5.78. The molecule has 2 aromatic carbocycles. The van der Waals surface area contributed by atoms with Crippen LogP contribution in [0.3, 0.4) is 0 Å². The van der Waals surface area contributed by atoms with Gasteiger partial charge in [-0.3, -0.25) is 9.59 Å². The summed E-state index contributed by atoms with van der Waals surface area (Å²) in [6.45, 7) is 7.70. The van der Waals surface area contributed by atoms with E-state index in [9.17, 15) is 9.59 Å². The van der Waals surface area contributed by atoms with Gasteiger partial charge in [-0.25, -0.2) is 0 Å². The van der Waals surface area contributed by atoms with Crippen molar-refractivity contribution in [3.05, 3.63) is 60.2 Å². The Kier molecular flexibility index (Phi) is 7.17. The third kappa shape index (κ3) is 6.18. The number of rotatable bonds is 8. The first kappa shape index (κ1) is 20.0. The Morgan fingerprint density at radius 2 is 1.68 bits per heavy atom. The zero-order valence-electron chi connectivity index (χ0n) is 16.4. The number of anilines is 1. The Bertz CT molecular complexity index is 787. The second-order valence-corrected chi connectivity index (χ2v) is 7.27. The number of ketones is 1. The molecule has 1 aliphatic rings. The standard InChI is InChI=1S/C22H27N3O3/c1-18(26)19-6-5-7-20(16-19)23-22(27)17-25-12-10-24(11-13-25)14-15-28-21-8-3-2-4-9-21/h2-9,16H,10-15,17H2,1H3,(H,23,27)/p+2. The molecule has 0 aromatic heterocycles. The highest BCUT2D eigenvalue weighted by Gasteiger charge is 2.24. The highest BCUT2D eigenvalue weighted by Crippen LogP contribution is 2.10. The number of Topliss-reactive ketones (excluding diaryl/α,β-unsaturated/α-hetero) is 1. The number of benzene rings is 2. The van der Waals surface area contributed by atoms with Crippen LogP contribution in [-0.4, -0.2) is 57.6 Å². The minimum atomic E-state index is -0.00781. The van der Waals surface area contributed by atoms with Crippen LogP contribution in [0.5, 0.6) is 5.75 Å². The zero-order valence-corrected chi connectivity index (χ0v) is 16.4. The molecule has 3 N–H and O–H groups in total. The van der Waals surface area contributed by atoms with Crippen molar-refractivity contribution in [2.75, 3.05) is 51.2 Å². The zero-order chi connectivity index (χ0) is 19.8. The lowest BCUT2D eigenvalue weighted by molar-refractivity contribution is -1.01. The predicted octanol–water partition coefficient (Wildman–Crippen LogP) is -0.310. The maximum Gasteiger partial charge on any atom is 0.279 e. The van der Waals surface area contributed by atoms with Gasteiger partial charge in [-0.15, -0.1) is 0 Å². The monoisotopic (exact) mass is 383 g/mol. The largest absolute Gasteiger partial charge is 0.488 e. The van der Waals surface area contributed by atoms with Crippen LogP contribution in [0.4, 0.5) is 5.69 Å². The maximum absolute atomic E-state index is 12.3. The molecule has 0 bridgehead atoms. The fourth-order valence-corrected chi connectivity index (χ4v) is 3.46. The summed E-state index contributed by atoms with van der Waals surface area (Å²) >= 11 is 0. The molecule has 0 radical (unpaired) electrons. The number of hydrogen-bond acceptors (Lipinski definition) is 3. The topological polar surface area (TPSA) is 64.3 Å². The van der Waals surface area contributed by atoms with E-state index in [1.807, 2.05) is 36.4 Å². The molecule has 6 nitrogen and oxygen atoms in total. The molecular formula is C22H29N3O3+2. The lowest BCUT2D eigenvalue weighted by atomic mass is 10.1. The Hall–Kier alpha value is -2.70. The normalized spacial score (nSPS) is 19.0. The molecule has 0 atom stereocenters. The molecule has 0 saturated carbocycles. The predicted molar refractivity (Wildman–Crippen MR) is 108 cm³/mol. The van der Waals surface area contributed by atoms with Crippen LogP contribution in [-0.2, 0) is 4.79 Å². The molecule has 1 saturated heterocycles. The SMILES string of the molecule is CC(=O)c1cccc(NC(=O)C[NH+]2CC[NH+](CCOc3ccccc3)CC2)c1. The van der Waals surface area contributed by atoms with Gasteiger partial charge in [-0.1, -0.05) is 30.3 Å². The molecule has 1 aliphatic heterocycles. The molecule has 1 heterocycles. The molecule has 2 aromatic rings. The number of para-hydroxylation sites is 1. The second-order valence-electron chi connectivity index (χ2n) is 7.27. The van der Waals surface area contributed by atoms with E-state index in [0.717, 1.165) is 38.5 Å². The minimum Gasteiger partial charge on any atom is -0.488 e. The molecular weight excluding hydrogens is 354 g/mol. The van der Waals surface area contributed by atoms with E-state index in [2.05, 4.69) is 5.32 Å². The second kappa shape index (κ2) is 10.0. The van der Waals surface area contributed by atoms with E-state index >= 15 is 0 Å². The van der Waals surface area contributed by atoms with Gasteiger partial charge in [0.2, 0.25) is 0 Å². The maximum atomic E-state index is 12.3. The van der Waals surface area contributed by atoms with E-state index in [0.29, 0.717) is 24.4 Å². The molecule has 0 aliphatic carbocycles. The number of piperazine rings is 1. The fraction of sp³-hybridized carbons (Fsp3) is 0.364. The number of hydrogen-bond donors (Lipinski definition) is 3. The van der Waals surface area contributed by atoms with Crippen LogP contribution in [0.1, 0.15) is 17.3 Å². The molecule has 0 unspecified atom stereocenters. The number of nitrogens with one attached hydrogen (secondary N) is 3. The molecule has 3 rings (SSSR count). The first-order valence-corrected chi connectivity index (χ1v) is 9.86. The smallest absolute Gasteiger partial charge is 0.279 e. The summed E-state index contributed by atoms with van der Waals surface area (Å²) in [6.07, 6.45) is 0. The molecule has 6 heteroatoms. The Labute approximate surface area is 166 Å². The van der Waals surface area contributed by atoms with Crippen molar-refractivity contribution < 1.29 is 24.1 Å². The quantitative estimate of drug-likeness (QED) is 0.548. The molecule has 0 spiro atoms. The van der Waals surface area contributed by atoms with Crippen molar-refractivity contribution >= 4 is 17.4 Å². The van der Waals surface area contributed by atoms with Crippen molar-refractivity contribution in [1.82, 2.24) is 0 Å². The number of carbonyl (C=O) groups is 2. The lowest BCUT2D eigenvalue weighted by Crippen LogP contribution is -3.28. The third-order valence-electron chi connectivity index (χ3n) is 5.10. The Balaban J connectivity index is 1.36. The number of ether oxygens (including phenoxy) is 1. The number of quaternary nitrogens is 2. The van der Waals surface area contributed by atoms with Crippen LogP contribution < -0.4 is 19.9 Å². The van der Waals surface area contributed by atoms with Crippen LogP contribution in [0.15, 0.2) is 54.6 Å². The third-order valence-corrected chi connectivity index (χ3v) is 5.10. The van der Waals surface area contributed by atoms with Gasteiger partial charge >= 0.3 is 0 Å². The fourth-order valence-electron chi connectivity index (χ4n) is 3.46. The van der Waals surface area contributed by atoms with Crippen molar-refractivity contribution in [2.24, 2.45) is 0 Å². The van der Waals surface area contributed by atoms with Crippen LogP contribution in [0.2, 0.25) is 0 Å². The van der Waals surface area contributed by atoms with Gasteiger partial charge < -0.3 is 19.9 Å². The van der Waals surface area contributed by atoms with E-state index < -0.39 is 0 Å². The van der Waals surface area contributed by atoms with Crippen molar-refractivity contribution in [3.8, 4) is 5.75 Å². The summed E-state index contributed by atoms with van der Waals surface area (Å²) in [6, 6.07) is 17.0. The summed E-state index contributed by atoms with van der Waals surface area (Å²) in [5, 5.41) is 2.91. The summed E-state index contributed by atoms with van der Waals surface area (Å²) in [4.78, 5) is 26.6. The number of carbonyl (C=O) groups excluding carboxylic acids is 2. The van der Waals surface area contributed by atoms with Crippen molar-refractivity contribution in [2.45, 2.75) is 6.92 Å². The molecule has 1 fully saturated rings. The number of amides is 1. The molecule has 28 heavy (non-hydrogen) atoms.